The van der Waals surface area contributed by atoms with E-state index in [1.807, 2.05) is 6.26 Å². The number of aliphatic hydroxyl groups is 1. The number of amides is 1. The highest BCUT2D eigenvalue weighted by atomic mass is 32.2. The number of aliphatic hydroxyl groups excluding tert-OH is 1. The Balaban J connectivity index is 2.20. The Hall–Kier alpha value is -0.260. The number of carbonyl (C=O) groups is 1. The number of rotatable bonds is 7. The lowest BCUT2D eigenvalue weighted by atomic mass is 9.85. The van der Waals surface area contributed by atoms with Crippen LogP contribution < -0.4 is 11.1 Å². The molecule has 0 radical (unpaired) electrons. The van der Waals surface area contributed by atoms with Gasteiger partial charge in [0.25, 0.3) is 0 Å². The van der Waals surface area contributed by atoms with Gasteiger partial charge in [0.15, 0.2) is 0 Å². The molecule has 0 aromatic carbocycles. The van der Waals surface area contributed by atoms with E-state index in [9.17, 15) is 9.90 Å². The molecule has 0 aromatic rings. The van der Waals surface area contributed by atoms with Crippen molar-refractivity contribution in [2.24, 2.45) is 11.7 Å². The van der Waals surface area contributed by atoms with Gasteiger partial charge in [-0.05, 0) is 37.2 Å². The van der Waals surface area contributed by atoms with E-state index >= 15 is 0 Å². The summed E-state index contributed by atoms with van der Waals surface area (Å²) in [5.41, 5.74) is 5.76. The zero-order valence-corrected chi connectivity index (χ0v) is 12.0. The first-order valence-corrected chi connectivity index (χ1v) is 8.24. The lowest BCUT2D eigenvalue weighted by Crippen LogP contribution is -2.45. The van der Waals surface area contributed by atoms with Crippen LogP contribution in [0.2, 0.25) is 0 Å². The fourth-order valence-corrected chi connectivity index (χ4v) is 2.89. The Morgan fingerprint density at radius 2 is 2.11 bits per heavy atom. The molecular weight excluding hydrogens is 248 g/mol. The zero-order valence-electron chi connectivity index (χ0n) is 11.2. The van der Waals surface area contributed by atoms with Crippen LogP contribution in [0.3, 0.4) is 0 Å². The first kappa shape index (κ1) is 15.8. The highest BCUT2D eigenvalue weighted by molar-refractivity contribution is 7.98. The molecule has 5 heteroatoms. The summed E-state index contributed by atoms with van der Waals surface area (Å²) in [6, 6.07) is -0.448. The topological polar surface area (TPSA) is 75.4 Å². The second-order valence-corrected chi connectivity index (χ2v) is 6.08. The maximum atomic E-state index is 11.7. The number of nitrogens with one attached hydrogen (secondary N) is 1. The fraction of sp³-hybridized carbons (Fsp3) is 0.923. The standard InChI is InChI=1S/C13H26N2O2S/c1-18-8-7-11(14)13(17)15-9-12(16)10-5-3-2-4-6-10/h10-12,16H,2-9,14H2,1H3,(H,15,17)/t11-,12?/m0/s1. The maximum absolute atomic E-state index is 11.7. The van der Waals surface area contributed by atoms with Crippen molar-refractivity contribution in [2.75, 3.05) is 18.6 Å². The summed E-state index contributed by atoms with van der Waals surface area (Å²) < 4.78 is 0. The van der Waals surface area contributed by atoms with Gasteiger partial charge in [0.05, 0.1) is 12.1 Å². The summed E-state index contributed by atoms with van der Waals surface area (Å²) in [5.74, 6) is 1.10. The predicted molar refractivity (Wildman–Crippen MR) is 76.6 cm³/mol. The number of nitrogens with two attached hydrogens (primary N) is 1. The van der Waals surface area contributed by atoms with Gasteiger partial charge >= 0.3 is 0 Å². The van der Waals surface area contributed by atoms with Gasteiger partial charge in [0.1, 0.15) is 0 Å². The van der Waals surface area contributed by atoms with E-state index in [0.29, 0.717) is 18.9 Å². The minimum atomic E-state index is -0.448. The molecule has 0 heterocycles. The third-order valence-corrected chi connectivity index (χ3v) is 4.29. The Morgan fingerprint density at radius 3 is 2.72 bits per heavy atom. The molecule has 0 aliphatic heterocycles. The van der Waals surface area contributed by atoms with E-state index in [1.54, 1.807) is 11.8 Å². The molecule has 1 saturated carbocycles. The smallest absolute Gasteiger partial charge is 0.237 e. The molecule has 1 fully saturated rings. The molecule has 0 spiro atoms. The van der Waals surface area contributed by atoms with E-state index in [0.717, 1.165) is 18.6 Å². The highest BCUT2D eigenvalue weighted by Crippen LogP contribution is 2.26. The zero-order chi connectivity index (χ0) is 13.4. The minimum Gasteiger partial charge on any atom is -0.391 e. The van der Waals surface area contributed by atoms with Gasteiger partial charge in [0.2, 0.25) is 5.91 Å². The van der Waals surface area contributed by atoms with Crippen LogP contribution in [0.4, 0.5) is 0 Å². The number of hydrogen-bond acceptors (Lipinski definition) is 4. The number of hydrogen-bond donors (Lipinski definition) is 3. The molecule has 1 unspecified atom stereocenters. The third-order valence-electron chi connectivity index (χ3n) is 3.65. The van der Waals surface area contributed by atoms with E-state index in [1.165, 1.54) is 19.3 Å². The SMILES string of the molecule is CSCC[C@H](N)C(=O)NCC(O)C1CCCCC1. The Morgan fingerprint density at radius 1 is 1.44 bits per heavy atom. The van der Waals surface area contributed by atoms with Crippen molar-refractivity contribution in [2.45, 2.75) is 50.7 Å². The van der Waals surface area contributed by atoms with Gasteiger partial charge in [0, 0.05) is 6.54 Å². The van der Waals surface area contributed by atoms with Gasteiger partial charge in [-0.25, -0.2) is 0 Å². The molecule has 1 aliphatic rings. The Bertz CT molecular complexity index is 245. The van der Waals surface area contributed by atoms with Crippen molar-refractivity contribution in [1.82, 2.24) is 5.32 Å². The highest BCUT2D eigenvalue weighted by Gasteiger charge is 2.22. The van der Waals surface area contributed by atoms with Crippen LogP contribution in [0.25, 0.3) is 0 Å². The first-order chi connectivity index (χ1) is 8.65. The summed E-state index contributed by atoms with van der Waals surface area (Å²) in [4.78, 5) is 11.7. The van der Waals surface area contributed by atoms with Crippen molar-refractivity contribution < 1.29 is 9.90 Å². The number of thioether (sulfide) groups is 1. The van der Waals surface area contributed by atoms with Crippen molar-refractivity contribution in [3.8, 4) is 0 Å². The summed E-state index contributed by atoms with van der Waals surface area (Å²) in [6.07, 6.45) is 8.10. The van der Waals surface area contributed by atoms with Gasteiger partial charge in [-0.15, -0.1) is 0 Å². The molecule has 4 nitrogen and oxygen atoms in total. The quantitative estimate of drug-likeness (QED) is 0.650. The average Bonchev–Trinajstić information content (AvgIpc) is 2.42. The molecule has 1 aliphatic carbocycles. The lowest BCUT2D eigenvalue weighted by molar-refractivity contribution is -0.123. The molecule has 1 rings (SSSR count). The first-order valence-electron chi connectivity index (χ1n) is 6.85. The monoisotopic (exact) mass is 274 g/mol. The summed E-state index contributed by atoms with van der Waals surface area (Å²) in [7, 11) is 0. The van der Waals surface area contributed by atoms with Gasteiger partial charge in [-0.2, -0.15) is 11.8 Å². The van der Waals surface area contributed by atoms with E-state index in [-0.39, 0.29) is 5.91 Å². The predicted octanol–water partition coefficient (Wildman–Crippen LogP) is 1.12. The third kappa shape index (κ3) is 5.59. The van der Waals surface area contributed by atoms with E-state index in [2.05, 4.69) is 5.32 Å². The molecular formula is C13H26N2O2S. The van der Waals surface area contributed by atoms with Crippen molar-refractivity contribution in [3.05, 3.63) is 0 Å². The molecule has 0 aromatic heterocycles. The second-order valence-electron chi connectivity index (χ2n) is 5.10. The van der Waals surface area contributed by atoms with Crippen LogP contribution >= 0.6 is 11.8 Å². The van der Waals surface area contributed by atoms with Crippen molar-refractivity contribution in [3.63, 3.8) is 0 Å². The molecule has 0 saturated heterocycles. The summed E-state index contributed by atoms with van der Waals surface area (Å²) in [5, 5.41) is 12.8. The minimum absolute atomic E-state index is 0.140. The number of carbonyl (C=O) groups excluding carboxylic acids is 1. The van der Waals surface area contributed by atoms with Crippen molar-refractivity contribution >= 4 is 17.7 Å². The van der Waals surface area contributed by atoms with Crippen LogP contribution in [-0.2, 0) is 4.79 Å². The molecule has 18 heavy (non-hydrogen) atoms. The molecule has 106 valence electrons. The van der Waals surface area contributed by atoms with Crippen LogP contribution in [0.1, 0.15) is 38.5 Å². The Kier molecular flexibility index (Phi) is 7.70. The normalized spacial score (nSPS) is 20.4. The Labute approximate surface area is 114 Å². The van der Waals surface area contributed by atoms with Crippen LogP contribution in [-0.4, -0.2) is 41.7 Å². The average molecular weight is 274 g/mol. The van der Waals surface area contributed by atoms with E-state index < -0.39 is 12.1 Å². The lowest BCUT2D eigenvalue weighted by Gasteiger charge is -2.27. The summed E-state index contributed by atoms with van der Waals surface area (Å²) >= 11 is 1.69. The summed E-state index contributed by atoms with van der Waals surface area (Å²) in [6.45, 7) is 0.344. The fourth-order valence-electron chi connectivity index (χ4n) is 2.40. The van der Waals surface area contributed by atoms with Gasteiger partial charge in [-0.3, -0.25) is 4.79 Å². The van der Waals surface area contributed by atoms with Gasteiger partial charge < -0.3 is 16.2 Å². The molecule has 0 bridgehead atoms. The van der Waals surface area contributed by atoms with E-state index in [4.69, 9.17) is 5.73 Å². The maximum Gasteiger partial charge on any atom is 0.237 e. The van der Waals surface area contributed by atoms with Gasteiger partial charge in [-0.1, -0.05) is 19.3 Å². The molecule has 4 N–H and O–H groups in total. The van der Waals surface area contributed by atoms with Crippen molar-refractivity contribution in [1.29, 1.82) is 0 Å². The molecule has 1 amide bonds. The second kappa shape index (κ2) is 8.77. The van der Waals surface area contributed by atoms with Crippen LogP contribution in [0.15, 0.2) is 0 Å². The van der Waals surface area contributed by atoms with Crippen LogP contribution in [0, 0.1) is 5.92 Å². The largest absolute Gasteiger partial charge is 0.391 e. The van der Waals surface area contributed by atoms with Crippen LogP contribution in [0.5, 0.6) is 0 Å². The molecule has 2 atom stereocenters.